The number of methoxy groups -OCH3 is 1. The number of fused-ring (bicyclic) bond motifs is 1. The molecule has 3 aromatic heterocycles. The number of halogens is 1. The first kappa shape index (κ1) is 21.7. The van der Waals surface area contributed by atoms with Crippen LogP contribution in [0.4, 0.5) is 11.4 Å². The van der Waals surface area contributed by atoms with Crippen LogP contribution in [-0.4, -0.2) is 30.1 Å². The third kappa shape index (κ3) is 4.25. The first-order valence-electron chi connectivity index (χ1n) is 9.47. The molecule has 4 aromatic rings. The number of ether oxygens (including phenoxy) is 1. The number of nitrogens with one attached hydrogen (secondary N) is 2. The Balaban J connectivity index is 1.65. The van der Waals surface area contributed by atoms with E-state index < -0.39 is 10.0 Å². The standard InChI is InChI=1S/C22H20ClN5O3S/c1-14(19-13-28(2)21-18(19)5-4-10-24-21)26-17-11-20(22(31-3)25-12-17)32(29,30)27-16-8-6-15(23)7-9-16/h4-13,26-27H,1H2,2-3H3. The molecule has 32 heavy (non-hydrogen) atoms. The number of pyridine rings is 2. The van der Waals surface area contributed by atoms with Crippen LogP contribution in [-0.2, 0) is 17.1 Å². The molecular weight excluding hydrogens is 450 g/mol. The molecule has 2 N–H and O–H groups in total. The summed E-state index contributed by atoms with van der Waals surface area (Å²) in [4.78, 5) is 8.41. The molecule has 0 amide bonds. The van der Waals surface area contributed by atoms with Crippen molar-refractivity contribution < 1.29 is 13.2 Å². The lowest BCUT2D eigenvalue weighted by molar-refractivity contribution is 0.385. The molecule has 0 atom stereocenters. The SMILES string of the molecule is C=C(Nc1cnc(OC)c(S(=O)(=O)Nc2ccc(Cl)cc2)c1)c1cn(C)c2ncccc12. The summed E-state index contributed by atoms with van der Waals surface area (Å²) in [6.45, 7) is 4.11. The Labute approximate surface area is 190 Å². The van der Waals surface area contributed by atoms with Crippen LogP contribution in [0.25, 0.3) is 16.7 Å². The Morgan fingerprint density at radius 3 is 2.62 bits per heavy atom. The summed E-state index contributed by atoms with van der Waals surface area (Å²) >= 11 is 5.88. The maximum atomic E-state index is 13.0. The van der Waals surface area contributed by atoms with Crippen molar-refractivity contribution in [3.63, 3.8) is 0 Å². The van der Waals surface area contributed by atoms with E-state index in [1.165, 1.54) is 19.4 Å². The first-order chi connectivity index (χ1) is 15.3. The number of rotatable bonds is 7. The number of anilines is 2. The van der Waals surface area contributed by atoms with Crippen LogP contribution in [0.15, 0.2) is 72.5 Å². The minimum atomic E-state index is -3.99. The van der Waals surface area contributed by atoms with Gasteiger partial charge in [0.15, 0.2) is 4.90 Å². The van der Waals surface area contributed by atoms with E-state index in [9.17, 15) is 8.42 Å². The largest absolute Gasteiger partial charge is 0.480 e. The normalized spacial score (nSPS) is 11.3. The molecule has 164 valence electrons. The lowest BCUT2D eigenvalue weighted by Gasteiger charge is -2.14. The van der Waals surface area contributed by atoms with Crippen molar-refractivity contribution in [2.24, 2.45) is 7.05 Å². The molecule has 0 radical (unpaired) electrons. The Kier molecular flexibility index (Phi) is 5.77. The molecule has 0 unspecified atom stereocenters. The van der Waals surface area contributed by atoms with Crippen molar-refractivity contribution in [3.05, 3.63) is 78.2 Å². The van der Waals surface area contributed by atoms with Gasteiger partial charge in [0.2, 0.25) is 5.88 Å². The second-order valence-corrected chi connectivity index (χ2v) is 9.06. The average molecular weight is 470 g/mol. The quantitative estimate of drug-likeness (QED) is 0.413. The Morgan fingerprint density at radius 2 is 1.91 bits per heavy atom. The molecule has 4 rings (SSSR count). The average Bonchev–Trinajstić information content (AvgIpc) is 3.12. The van der Waals surface area contributed by atoms with Gasteiger partial charge in [0.05, 0.1) is 19.0 Å². The van der Waals surface area contributed by atoms with Crippen molar-refractivity contribution in [1.82, 2.24) is 14.5 Å². The Bertz CT molecular complexity index is 1420. The number of sulfonamides is 1. The van der Waals surface area contributed by atoms with E-state index in [2.05, 4.69) is 26.6 Å². The second-order valence-electron chi connectivity index (χ2n) is 6.98. The van der Waals surface area contributed by atoms with Crippen molar-refractivity contribution >= 4 is 49.7 Å². The fourth-order valence-corrected chi connectivity index (χ4v) is 4.60. The van der Waals surface area contributed by atoms with Crippen LogP contribution >= 0.6 is 11.6 Å². The van der Waals surface area contributed by atoms with E-state index in [0.717, 1.165) is 16.6 Å². The van der Waals surface area contributed by atoms with E-state index >= 15 is 0 Å². The third-order valence-corrected chi connectivity index (χ3v) is 6.38. The van der Waals surface area contributed by atoms with Crippen LogP contribution in [0.1, 0.15) is 5.56 Å². The first-order valence-corrected chi connectivity index (χ1v) is 11.3. The topological polar surface area (TPSA) is 98.1 Å². The molecule has 0 aliphatic rings. The lowest BCUT2D eigenvalue weighted by atomic mass is 10.2. The van der Waals surface area contributed by atoms with Gasteiger partial charge in [0.25, 0.3) is 10.0 Å². The maximum Gasteiger partial charge on any atom is 0.267 e. The molecule has 0 bridgehead atoms. The van der Waals surface area contributed by atoms with Gasteiger partial charge in [-0.05, 0) is 42.5 Å². The van der Waals surface area contributed by atoms with Gasteiger partial charge in [-0.15, -0.1) is 0 Å². The van der Waals surface area contributed by atoms with Crippen LogP contribution in [0.5, 0.6) is 5.88 Å². The summed E-state index contributed by atoms with van der Waals surface area (Å²) in [5.74, 6) is -0.0306. The minimum absolute atomic E-state index is 0.0306. The highest BCUT2D eigenvalue weighted by atomic mass is 35.5. The summed E-state index contributed by atoms with van der Waals surface area (Å²) in [5.41, 5.74) is 3.03. The van der Waals surface area contributed by atoms with E-state index in [4.69, 9.17) is 16.3 Å². The van der Waals surface area contributed by atoms with E-state index in [0.29, 0.717) is 22.1 Å². The number of hydrogen-bond acceptors (Lipinski definition) is 6. The number of aryl methyl sites for hydroxylation is 1. The predicted molar refractivity (Wildman–Crippen MR) is 126 cm³/mol. The summed E-state index contributed by atoms with van der Waals surface area (Å²) in [6.07, 6.45) is 5.11. The van der Waals surface area contributed by atoms with Crippen molar-refractivity contribution in [1.29, 1.82) is 0 Å². The van der Waals surface area contributed by atoms with Gasteiger partial charge in [-0.1, -0.05) is 18.2 Å². The van der Waals surface area contributed by atoms with Crippen molar-refractivity contribution in [3.8, 4) is 5.88 Å². The molecule has 10 heteroatoms. The number of benzene rings is 1. The monoisotopic (exact) mass is 469 g/mol. The zero-order valence-corrected chi connectivity index (χ0v) is 18.9. The molecule has 3 heterocycles. The van der Waals surface area contributed by atoms with Crippen LogP contribution in [0, 0.1) is 0 Å². The highest BCUT2D eigenvalue weighted by molar-refractivity contribution is 7.92. The fourth-order valence-electron chi connectivity index (χ4n) is 3.27. The molecular formula is C22H20ClN5O3S. The molecule has 0 spiro atoms. The van der Waals surface area contributed by atoms with E-state index in [1.54, 1.807) is 30.5 Å². The molecule has 0 saturated carbocycles. The van der Waals surface area contributed by atoms with Crippen LogP contribution < -0.4 is 14.8 Å². The van der Waals surface area contributed by atoms with Crippen molar-refractivity contribution in [2.75, 3.05) is 17.1 Å². The van der Waals surface area contributed by atoms with Gasteiger partial charge in [-0.3, -0.25) is 4.72 Å². The maximum absolute atomic E-state index is 13.0. The zero-order valence-electron chi connectivity index (χ0n) is 17.3. The van der Waals surface area contributed by atoms with Crippen LogP contribution in [0.3, 0.4) is 0 Å². The smallest absolute Gasteiger partial charge is 0.267 e. The van der Waals surface area contributed by atoms with Crippen LogP contribution in [0.2, 0.25) is 5.02 Å². The third-order valence-electron chi connectivity index (χ3n) is 4.75. The summed E-state index contributed by atoms with van der Waals surface area (Å²) in [5, 5.41) is 4.56. The van der Waals surface area contributed by atoms with Gasteiger partial charge in [-0.2, -0.15) is 0 Å². The molecule has 0 fully saturated rings. The van der Waals surface area contributed by atoms with Gasteiger partial charge < -0.3 is 14.6 Å². The Morgan fingerprint density at radius 1 is 1.16 bits per heavy atom. The predicted octanol–water partition coefficient (Wildman–Crippen LogP) is 4.51. The molecule has 0 aliphatic heterocycles. The Hall–Kier alpha value is -3.56. The van der Waals surface area contributed by atoms with Gasteiger partial charge in [0, 0.05) is 46.8 Å². The summed E-state index contributed by atoms with van der Waals surface area (Å²) < 4.78 is 35.6. The summed E-state index contributed by atoms with van der Waals surface area (Å²) in [6, 6.07) is 11.6. The highest BCUT2D eigenvalue weighted by Crippen LogP contribution is 2.30. The zero-order chi connectivity index (χ0) is 22.9. The number of hydrogen-bond donors (Lipinski definition) is 2. The van der Waals surface area contributed by atoms with Crippen molar-refractivity contribution in [2.45, 2.75) is 4.90 Å². The fraction of sp³-hybridized carbons (Fsp3) is 0.0909. The molecule has 8 nitrogen and oxygen atoms in total. The molecule has 1 aromatic carbocycles. The number of aromatic nitrogens is 3. The van der Waals surface area contributed by atoms with E-state index in [-0.39, 0.29) is 10.8 Å². The van der Waals surface area contributed by atoms with Gasteiger partial charge >= 0.3 is 0 Å². The molecule has 0 saturated heterocycles. The molecule has 0 aliphatic carbocycles. The minimum Gasteiger partial charge on any atom is -0.480 e. The van der Waals surface area contributed by atoms with Gasteiger partial charge in [0.1, 0.15) is 5.65 Å². The number of nitrogens with zero attached hydrogens (tertiary/aromatic N) is 3. The summed E-state index contributed by atoms with van der Waals surface area (Å²) in [7, 11) is -0.730. The van der Waals surface area contributed by atoms with E-state index in [1.807, 2.05) is 29.9 Å². The second kappa shape index (κ2) is 8.52. The highest BCUT2D eigenvalue weighted by Gasteiger charge is 2.22. The lowest BCUT2D eigenvalue weighted by Crippen LogP contribution is -2.15. The van der Waals surface area contributed by atoms with Gasteiger partial charge in [-0.25, -0.2) is 18.4 Å².